The summed E-state index contributed by atoms with van der Waals surface area (Å²) < 4.78 is 2.17. The minimum absolute atomic E-state index is 0.371. The molecule has 6 nitrogen and oxygen atoms in total. The zero-order valence-corrected chi connectivity index (χ0v) is 16.6. The number of nitrogen functional groups attached to an aromatic ring is 2. The van der Waals surface area contributed by atoms with Crippen LogP contribution in [-0.2, 0) is 6.54 Å². The molecule has 0 aliphatic carbocycles. The summed E-state index contributed by atoms with van der Waals surface area (Å²) in [5.41, 5.74) is 15.1. The third kappa shape index (κ3) is 3.80. The zero-order valence-electron chi connectivity index (χ0n) is 15.8. The van der Waals surface area contributed by atoms with E-state index in [4.69, 9.17) is 16.5 Å². The van der Waals surface area contributed by atoms with E-state index in [1.165, 1.54) is 4.90 Å². The van der Waals surface area contributed by atoms with Gasteiger partial charge in [-0.3, -0.25) is 0 Å². The molecule has 3 heterocycles. The molecule has 0 aliphatic rings. The van der Waals surface area contributed by atoms with Gasteiger partial charge >= 0.3 is 0 Å². The Hall–Kier alpha value is -3.06. The number of nitrogens with two attached hydrogens (primary N) is 2. The predicted octanol–water partition coefficient (Wildman–Crippen LogP) is 4.15. The molecule has 0 aliphatic heterocycles. The van der Waals surface area contributed by atoms with Crippen molar-refractivity contribution in [3.63, 3.8) is 0 Å². The largest absolute Gasteiger partial charge is 0.384 e. The van der Waals surface area contributed by atoms with Crippen LogP contribution in [0.4, 0.5) is 11.6 Å². The maximum absolute atomic E-state index is 5.84. The Balaban J connectivity index is 1.67. The number of hydrogen-bond donors (Lipinski definition) is 2. The predicted molar refractivity (Wildman–Crippen MR) is 116 cm³/mol. The minimum Gasteiger partial charge on any atom is -0.384 e. The number of pyridine rings is 2. The van der Waals surface area contributed by atoms with Gasteiger partial charge in [0.25, 0.3) is 0 Å². The summed E-state index contributed by atoms with van der Waals surface area (Å²) in [5.74, 6) is 1.72. The van der Waals surface area contributed by atoms with Crippen molar-refractivity contribution in [3.8, 4) is 11.3 Å². The van der Waals surface area contributed by atoms with Crippen molar-refractivity contribution < 1.29 is 0 Å². The Morgan fingerprint density at radius 2 is 1.68 bits per heavy atom. The van der Waals surface area contributed by atoms with Crippen molar-refractivity contribution in [3.05, 3.63) is 60.4 Å². The van der Waals surface area contributed by atoms with Crippen molar-refractivity contribution in [2.75, 3.05) is 11.5 Å². The molecule has 4 N–H and O–H groups in total. The van der Waals surface area contributed by atoms with Crippen molar-refractivity contribution in [2.24, 2.45) is 0 Å². The highest BCUT2D eigenvalue weighted by Crippen LogP contribution is 2.27. The first-order valence-electron chi connectivity index (χ1n) is 9.08. The quantitative estimate of drug-likeness (QED) is 0.497. The summed E-state index contributed by atoms with van der Waals surface area (Å²) >= 11 is 1.85. The van der Waals surface area contributed by atoms with E-state index in [1.54, 1.807) is 12.1 Å². The van der Waals surface area contributed by atoms with E-state index in [0.29, 0.717) is 16.9 Å². The molecule has 0 saturated carbocycles. The van der Waals surface area contributed by atoms with Crippen molar-refractivity contribution >= 4 is 34.6 Å². The summed E-state index contributed by atoms with van der Waals surface area (Å²) in [4.78, 5) is 14.8. The van der Waals surface area contributed by atoms with Crippen LogP contribution in [0.2, 0.25) is 0 Å². The van der Waals surface area contributed by atoms with Gasteiger partial charge in [0, 0.05) is 22.3 Å². The average Bonchev–Trinajstić information content (AvgIpc) is 2.96. The molecule has 0 fully saturated rings. The lowest BCUT2D eigenvalue weighted by atomic mass is 10.1. The third-order valence-electron chi connectivity index (χ3n) is 4.46. The number of anilines is 2. The van der Waals surface area contributed by atoms with Gasteiger partial charge in [-0.25, -0.2) is 15.0 Å². The molecule has 4 aromatic rings. The van der Waals surface area contributed by atoms with Gasteiger partial charge in [0.15, 0.2) is 5.65 Å². The zero-order chi connectivity index (χ0) is 19.7. The Morgan fingerprint density at radius 3 is 2.39 bits per heavy atom. The molecular formula is C21H22N6S. The molecule has 0 saturated heterocycles. The maximum atomic E-state index is 5.84. The van der Waals surface area contributed by atoms with E-state index in [2.05, 4.69) is 45.7 Å². The van der Waals surface area contributed by atoms with Crippen molar-refractivity contribution in [2.45, 2.75) is 30.5 Å². The smallest absolute Gasteiger partial charge is 0.160 e. The molecule has 0 radical (unpaired) electrons. The topological polar surface area (TPSA) is 95.6 Å². The second-order valence-electron chi connectivity index (χ2n) is 6.76. The fraction of sp³-hybridized carbons (Fsp3) is 0.190. The molecule has 0 amide bonds. The lowest BCUT2D eigenvalue weighted by Gasteiger charge is -2.14. The first kappa shape index (κ1) is 18.3. The van der Waals surface area contributed by atoms with E-state index in [0.717, 1.165) is 34.8 Å². The SMILES string of the molecule is Cc1nc2ccc(-c3cc(N)nc(N)c3)nc2n1CC(C)Sc1ccccc1. The maximum Gasteiger partial charge on any atom is 0.160 e. The Bertz CT molecular complexity index is 1100. The van der Waals surface area contributed by atoms with Gasteiger partial charge in [-0.1, -0.05) is 25.1 Å². The Kier molecular flexibility index (Phi) is 4.92. The van der Waals surface area contributed by atoms with Gasteiger partial charge in [-0.05, 0) is 43.3 Å². The highest BCUT2D eigenvalue weighted by atomic mass is 32.2. The van der Waals surface area contributed by atoms with Crippen LogP contribution in [-0.4, -0.2) is 24.8 Å². The number of imidazole rings is 1. The van der Waals surface area contributed by atoms with E-state index in [1.807, 2.05) is 36.9 Å². The van der Waals surface area contributed by atoms with Gasteiger partial charge in [0.05, 0.1) is 5.69 Å². The van der Waals surface area contributed by atoms with E-state index < -0.39 is 0 Å². The number of fused-ring (bicyclic) bond motifs is 1. The van der Waals surface area contributed by atoms with Crippen LogP contribution >= 0.6 is 11.8 Å². The summed E-state index contributed by atoms with van der Waals surface area (Å²) in [5, 5.41) is 0.371. The normalized spacial score (nSPS) is 12.4. The van der Waals surface area contributed by atoms with Gasteiger partial charge in [0.1, 0.15) is 23.0 Å². The number of nitrogens with zero attached hydrogens (tertiary/aromatic N) is 4. The molecule has 0 bridgehead atoms. The monoisotopic (exact) mass is 390 g/mol. The van der Waals surface area contributed by atoms with Crippen LogP contribution in [0.1, 0.15) is 12.7 Å². The van der Waals surface area contributed by atoms with Crippen LogP contribution in [0.5, 0.6) is 0 Å². The van der Waals surface area contributed by atoms with Crippen molar-refractivity contribution in [1.82, 2.24) is 19.5 Å². The molecule has 0 spiro atoms. The molecular weight excluding hydrogens is 368 g/mol. The number of benzene rings is 1. The van der Waals surface area contributed by atoms with E-state index in [9.17, 15) is 0 Å². The van der Waals surface area contributed by atoms with E-state index in [-0.39, 0.29) is 0 Å². The van der Waals surface area contributed by atoms with Gasteiger partial charge < -0.3 is 16.0 Å². The third-order valence-corrected chi connectivity index (χ3v) is 5.56. The molecule has 142 valence electrons. The van der Waals surface area contributed by atoms with Crippen LogP contribution in [0.15, 0.2) is 59.5 Å². The standard InChI is InChI=1S/C21H22N6S/c1-13(28-16-6-4-3-5-7-16)12-27-14(2)24-18-9-8-17(25-21(18)27)15-10-19(22)26-20(23)11-15/h3-11,13H,12H2,1-2H3,(H4,22,23,26). The number of thioether (sulfide) groups is 1. The first-order valence-corrected chi connectivity index (χ1v) is 9.96. The molecule has 1 unspecified atom stereocenters. The van der Waals surface area contributed by atoms with Gasteiger partial charge in [-0.15, -0.1) is 11.8 Å². The lowest BCUT2D eigenvalue weighted by molar-refractivity contribution is 0.682. The summed E-state index contributed by atoms with van der Waals surface area (Å²) in [6, 6.07) is 17.9. The highest BCUT2D eigenvalue weighted by molar-refractivity contribution is 7.99. The fourth-order valence-electron chi connectivity index (χ4n) is 3.24. The number of rotatable bonds is 5. The molecule has 4 rings (SSSR count). The van der Waals surface area contributed by atoms with Crippen LogP contribution in [0.3, 0.4) is 0 Å². The second kappa shape index (κ2) is 7.52. The fourth-order valence-corrected chi connectivity index (χ4v) is 4.24. The summed E-state index contributed by atoms with van der Waals surface area (Å²) in [7, 11) is 0. The lowest BCUT2D eigenvalue weighted by Crippen LogP contribution is -2.11. The van der Waals surface area contributed by atoms with Crippen LogP contribution in [0, 0.1) is 6.92 Å². The highest BCUT2D eigenvalue weighted by Gasteiger charge is 2.14. The number of hydrogen-bond acceptors (Lipinski definition) is 6. The number of aryl methyl sites for hydroxylation is 1. The molecule has 7 heteroatoms. The van der Waals surface area contributed by atoms with Gasteiger partial charge in [-0.2, -0.15) is 0 Å². The second-order valence-corrected chi connectivity index (χ2v) is 8.27. The minimum atomic E-state index is 0.371. The van der Waals surface area contributed by atoms with Gasteiger partial charge in [0.2, 0.25) is 0 Å². The van der Waals surface area contributed by atoms with Crippen LogP contribution in [0.25, 0.3) is 22.4 Å². The Labute approximate surface area is 168 Å². The molecule has 3 aromatic heterocycles. The molecule has 1 atom stereocenters. The Morgan fingerprint density at radius 1 is 0.964 bits per heavy atom. The summed E-state index contributed by atoms with van der Waals surface area (Å²) in [6.07, 6.45) is 0. The first-order chi connectivity index (χ1) is 13.5. The molecule has 1 aromatic carbocycles. The van der Waals surface area contributed by atoms with Crippen molar-refractivity contribution in [1.29, 1.82) is 0 Å². The van der Waals surface area contributed by atoms with E-state index >= 15 is 0 Å². The molecule has 28 heavy (non-hydrogen) atoms. The van der Waals surface area contributed by atoms with Crippen LogP contribution < -0.4 is 11.5 Å². The summed E-state index contributed by atoms with van der Waals surface area (Å²) in [6.45, 7) is 5.06. The average molecular weight is 391 g/mol. The number of aromatic nitrogens is 4.